The minimum Gasteiger partial charge on any atom is -0.481 e. The minimum absolute atomic E-state index is 0.382. The number of aryl methyl sites for hydroxylation is 3. The normalized spacial score (nSPS) is 12.1. The monoisotopic (exact) mass is 282 g/mol. The van der Waals surface area contributed by atoms with E-state index in [4.69, 9.17) is 0 Å². The Kier molecular flexibility index (Phi) is 4.79. The first-order valence-corrected chi connectivity index (χ1v) is 7.31. The molecule has 2 nitrogen and oxygen atoms in total. The Morgan fingerprint density at radius 2 is 1.52 bits per heavy atom. The van der Waals surface area contributed by atoms with Crippen molar-refractivity contribution >= 4 is 5.97 Å². The largest absolute Gasteiger partial charge is 0.481 e. The quantitative estimate of drug-likeness (QED) is 0.896. The van der Waals surface area contributed by atoms with Crippen LogP contribution in [0.1, 0.15) is 27.8 Å². The molecule has 21 heavy (non-hydrogen) atoms. The average molecular weight is 282 g/mol. The van der Waals surface area contributed by atoms with Gasteiger partial charge in [0.2, 0.25) is 0 Å². The Labute approximate surface area is 126 Å². The second-order valence-electron chi connectivity index (χ2n) is 5.80. The van der Waals surface area contributed by atoms with Gasteiger partial charge in [0.15, 0.2) is 0 Å². The number of rotatable bonds is 5. The number of carboxylic acids is 1. The first kappa shape index (κ1) is 15.3. The number of benzene rings is 2. The Bertz CT molecular complexity index is 606. The molecule has 2 aromatic rings. The van der Waals surface area contributed by atoms with Gasteiger partial charge in [-0.1, -0.05) is 48.0 Å². The van der Waals surface area contributed by atoms with E-state index in [1.165, 1.54) is 16.7 Å². The summed E-state index contributed by atoms with van der Waals surface area (Å²) in [5.41, 5.74) is 5.78. The summed E-state index contributed by atoms with van der Waals surface area (Å²) in [5, 5.41) is 9.53. The lowest BCUT2D eigenvalue weighted by atomic mass is 9.88. The lowest BCUT2D eigenvalue weighted by molar-refractivity contribution is -0.141. The number of hydrogen-bond donors (Lipinski definition) is 1. The third kappa shape index (κ3) is 3.94. The van der Waals surface area contributed by atoms with Crippen molar-refractivity contribution < 1.29 is 9.90 Å². The maximum Gasteiger partial charge on any atom is 0.307 e. The molecule has 0 amide bonds. The summed E-state index contributed by atoms with van der Waals surface area (Å²) in [6.07, 6.45) is 1.16. The van der Waals surface area contributed by atoms with Crippen LogP contribution in [0.3, 0.4) is 0 Å². The molecular weight excluding hydrogens is 260 g/mol. The molecule has 0 saturated heterocycles. The van der Waals surface area contributed by atoms with Gasteiger partial charge >= 0.3 is 5.97 Å². The zero-order valence-electron chi connectivity index (χ0n) is 12.9. The molecule has 0 aromatic heterocycles. The number of carboxylic acid groups (broad SMARTS) is 1. The van der Waals surface area contributed by atoms with Gasteiger partial charge in [0.05, 0.1) is 5.92 Å². The third-order valence-electron chi connectivity index (χ3n) is 4.05. The zero-order valence-corrected chi connectivity index (χ0v) is 12.9. The molecule has 1 unspecified atom stereocenters. The van der Waals surface area contributed by atoms with Gasteiger partial charge in [-0.15, -0.1) is 0 Å². The van der Waals surface area contributed by atoms with E-state index in [2.05, 4.69) is 0 Å². The van der Waals surface area contributed by atoms with Gasteiger partial charge in [-0.05, 0) is 55.9 Å². The van der Waals surface area contributed by atoms with Gasteiger partial charge in [0.25, 0.3) is 0 Å². The van der Waals surface area contributed by atoms with E-state index in [1.54, 1.807) is 0 Å². The Hall–Kier alpha value is -2.09. The Morgan fingerprint density at radius 3 is 2.05 bits per heavy atom. The van der Waals surface area contributed by atoms with Gasteiger partial charge in [-0.25, -0.2) is 0 Å². The molecule has 0 radical (unpaired) electrons. The summed E-state index contributed by atoms with van der Waals surface area (Å²) in [4.78, 5) is 11.6. The zero-order chi connectivity index (χ0) is 15.4. The van der Waals surface area contributed by atoms with Crippen molar-refractivity contribution in [2.45, 2.75) is 33.6 Å². The summed E-state index contributed by atoms with van der Waals surface area (Å²) < 4.78 is 0. The first-order chi connectivity index (χ1) is 9.97. The second kappa shape index (κ2) is 6.57. The molecule has 2 rings (SSSR count). The fourth-order valence-electron chi connectivity index (χ4n) is 2.67. The van der Waals surface area contributed by atoms with Gasteiger partial charge in [-0.3, -0.25) is 4.79 Å². The molecule has 0 fully saturated rings. The molecule has 0 spiro atoms. The van der Waals surface area contributed by atoms with Crippen LogP contribution in [-0.4, -0.2) is 11.1 Å². The van der Waals surface area contributed by atoms with Crippen molar-refractivity contribution in [3.8, 4) is 0 Å². The molecule has 0 bridgehead atoms. The number of carbonyl (C=O) groups is 1. The highest BCUT2D eigenvalue weighted by Crippen LogP contribution is 2.21. The SMILES string of the molecule is Cc1ccc(CC(Cc2c(C)cccc2C)C(=O)O)cc1. The van der Waals surface area contributed by atoms with Crippen molar-refractivity contribution in [3.05, 3.63) is 70.3 Å². The highest BCUT2D eigenvalue weighted by molar-refractivity contribution is 5.71. The average Bonchev–Trinajstić information content (AvgIpc) is 2.43. The number of aliphatic carboxylic acids is 1. The maximum absolute atomic E-state index is 11.6. The van der Waals surface area contributed by atoms with E-state index < -0.39 is 5.97 Å². The van der Waals surface area contributed by atoms with Gasteiger partial charge in [-0.2, -0.15) is 0 Å². The highest BCUT2D eigenvalue weighted by Gasteiger charge is 2.20. The van der Waals surface area contributed by atoms with Crippen molar-refractivity contribution in [2.24, 2.45) is 5.92 Å². The third-order valence-corrected chi connectivity index (χ3v) is 4.05. The summed E-state index contributed by atoms with van der Waals surface area (Å²) >= 11 is 0. The summed E-state index contributed by atoms with van der Waals surface area (Å²) in [5.74, 6) is -1.11. The molecule has 2 heteroatoms. The Balaban J connectivity index is 2.20. The summed E-state index contributed by atoms with van der Waals surface area (Å²) in [6.45, 7) is 6.13. The molecule has 1 atom stereocenters. The van der Waals surface area contributed by atoms with Crippen LogP contribution in [0, 0.1) is 26.7 Å². The van der Waals surface area contributed by atoms with Crippen molar-refractivity contribution in [1.82, 2.24) is 0 Å². The van der Waals surface area contributed by atoms with Crippen molar-refractivity contribution in [3.63, 3.8) is 0 Å². The highest BCUT2D eigenvalue weighted by atomic mass is 16.4. The Morgan fingerprint density at radius 1 is 0.952 bits per heavy atom. The van der Waals surface area contributed by atoms with Crippen LogP contribution in [0.25, 0.3) is 0 Å². The van der Waals surface area contributed by atoms with Crippen LogP contribution < -0.4 is 0 Å². The van der Waals surface area contributed by atoms with Gasteiger partial charge in [0.1, 0.15) is 0 Å². The van der Waals surface area contributed by atoms with E-state index in [1.807, 2.05) is 63.2 Å². The van der Waals surface area contributed by atoms with E-state index in [-0.39, 0.29) is 5.92 Å². The van der Waals surface area contributed by atoms with Crippen LogP contribution in [0.2, 0.25) is 0 Å². The fourth-order valence-corrected chi connectivity index (χ4v) is 2.67. The standard InChI is InChI=1S/C19H22O2/c1-13-7-9-16(10-8-13)11-17(19(20)21)12-18-14(2)5-4-6-15(18)3/h4-10,17H,11-12H2,1-3H3,(H,20,21). The van der Waals surface area contributed by atoms with Gasteiger partial charge < -0.3 is 5.11 Å². The van der Waals surface area contributed by atoms with E-state index in [9.17, 15) is 9.90 Å². The van der Waals surface area contributed by atoms with Crippen LogP contribution in [0.5, 0.6) is 0 Å². The molecular formula is C19H22O2. The fraction of sp³-hybridized carbons (Fsp3) is 0.316. The molecule has 2 aromatic carbocycles. The predicted molar refractivity (Wildman–Crippen MR) is 85.6 cm³/mol. The smallest absolute Gasteiger partial charge is 0.307 e. The predicted octanol–water partition coefficient (Wildman–Crippen LogP) is 4.10. The van der Waals surface area contributed by atoms with Crippen LogP contribution in [0.4, 0.5) is 0 Å². The number of hydrogen-bond acceptors (Lipinski definition) is 1. The van der Waals surface area contributed by atoms with E-state index in [0.717, 1.165) is 11.1 Å². The topological polar surface area (TPSA) is 37.3 Å². The first-order valence-electron chi connectivity index (χ1n) is 7.31. The summed E-state index contributed by atoms with van der Waals surface area (Å²) in [7, 11) is 0. The van der Waals surface area contributed by atoms with Crippen molar-refractivity contribution in [2.75, 3.05) is 0 Å². The van der Waals surface area contributed by atoms with Crippen LogP contribution in [-0.2, 0) is 17.6 Å². The molecule has 0 aliphatic rings. The summed E-state index contributed by atoms with van der Waals surface area (Å²) in [6, 6.07) is 14.2. The maximum atomic E-state index is 11.6. The molecule has 0 aliphatic heterocycles. The van der Waals surface area contributed by atoms with Crippen LogP contribution >= 0.6 is 0 Å². The van der Waals surface area contributed by atoms with Crippen molar-refractivity contribution in [1.29, 1.82) is 0 Å². The van der Waals surface area contributed by atoms with Crippen LogP contribution in [0.15, 0.2) is 42.5 Å². The van der Waals surface area contributed by atoms with Gasteiger partial charge in [0, 0.05) is 0 Å². The lowest BCUT2D eigenvalue weighted by Crippen LogP contribution is -2.20. The molecule has 110 valence electrons. The van der Waals surface area contributed by atoms with E-state index in [0.29, 0.717) is 12.8 Å². The molecule has 0 heterocycles. The van der Waals surface area contributed by atoms with E-state index >= 15 is 0 Å². The lowest BCUT2D eigenvalue weighted by Gasteiger charge is -2.16. The molecule has 0 aliphatic carbocycles. The molecule has 1 N–H and O–H groups in total. The second-order valence-corrected chi connectivity index (χ2v) is 5.80. The molecule has 0 saturated carbocycles. The minimum atomic E-state index is -0.724.